The van der Waals surface area contributed by atoms with Gasteiger partial charge >= 0.3 is 0 Å². The number of anilines is 2. The average molecular weight is 404 g/mol. The lowest BCUT2D eigenvalue weighted by atomic mass is 10.1. The Bertz CT molecular complexity index is 730. The highest BCUT2D eigenvalue weighted by atomic mass is 79.9. The summed E-state index contributed by atoms with van der Waals surface area (Å²) in [5, 5.41) is 8.70. The highest BCUT2D eigenvalue weighted by molar-refractivity contribution is 9.10. The Morgan fingerprint density at radius 3 is 2.40 bits per heavy atom. The van der Waals surface area contributed by atoms with Gasteiger partial charge in [0.1, 0.15) is 0 Å². The minimum atomic E-state index is -0.216. The van der Waals surface area contributed by atoms with E-state index in [1.165, 1.54) is 0 Å². The lowest BCUT2D eigenvalue weighted by Gasteiger charge is -2.13. The van der Waals surface area contributed by atoms with Crippen LogP contribution in [0.25, 0.3) is 0 Å². The van der Waals surface area contributed by atoms with Crippen molar-refractivity contribution >= 4 is 39.1 Å². The molecule has 5 nitrogen and oxygen atoms in total. The van der Waals surface area contributed by atoms with Gasteiger partial charge in [-0.3, -0.25) is 9.59 Å². The molecule has 0 atom stereocenters. The lowest BCUT2D eigenvalue weighted by molar-refractivity contribution is -0.114. The molecule has 132 valence electrons. The van der Waals surface area contributed by atoms with E-state index in [0.717, 1.165) is 10.2 Å². The number of hydrogen-bond donors (Lipinski definition) is 3. The van der Waals surface area contributed by atoms with Gasteiger partial charge in [-0.1, -0.05) is 41.9 Å². The van der Waals surface area contributed by atoms with Crippen molar-refractivity contribution in [2.24, 2.45) is 5.92 Å². The predicted octanol–water partition coefficient (Wildman–Crippen LogP) is 3.89. The van der Waals surface area contributed by atoms with Gasteiger partial charge in [0.25, 0.3) is 5.91 Å². The molecule has 2 rings (SSSR count). The fourth-order valence-electron chi connectivity index (χ4n) is 2.13. The molecule has 0 spiro atoms. The molecule has 2 aromatic carbocycles. The van der Waals surface area contributed by atoms with Crippen LogP contribution < -0.4 is 16.0 Å². The number of rotatable bonds is 7. The number of carbonyl (C=O) groups excluding carboxylic acids is 2. The summed E-state index contributed by atoms with van der Waals surface area (Å²) in [4.78, 5) is 24.5. The van der Waals surface area contributed by atoms with Crippen LogP contribution in [0.1, 0.15) is 24.2 Å². The maximum absolute atomic E-state index is 12.3. The summed E-state index contributed by atoms with van der Waals surface area (Å²) in [5.74, 6) is -0.0432. The molecule has 0 heterocycles. The molecule has 0 radical (unpaired) electrons. The topological polar surface area (TPSA) is 70.2 Å². The lowest BCUT2D eigenvalue weighted by Crippen LogP contribution is -2.29. The van der Waals surface area contributed by atoms with Crippen LogP contribution in [0.4, 0.5) is 11.4 Å². The van der Waals surface area contributed by atoms with Gasteiger partial charge in [0, 0.05) is 16.7 Å². The van der Waals surface area contributed by atoms with Crippen molar-refractivity contribution in [3.63, 3.8) is 0 Å². The number of halogens is 1. The number of hydrogen-bond acceptors (Lipinski definition) is 3. The molecule has 25 heavy (non-hydrogen) atoms. The van der Waals surface area contributed by atoms with Crippen molar-refractivity contribution < 1.29 is 9.59 Å². The number of amides is 2. The fraction of sp³-hybridized carbons (Fsp3) is 0.263. The number of carbonyl (C=O) groups is 2. The summed E-state index contributed by atoms with van der Waals surface area (Å²) >= 11 is 3.37. The van der Waals surface area contributed by atoms with E-state index >= 15 is 0 Å². The molecule has 0 aromatic heterocycles. The second-order valence-corrected chi connectivity index (χ2v) is 6.97. The molecule has 0 aliphatic heterocycles. The van der Waals surface area contributed by atoms with Crippen LogP contribution >= 0.6 is 15.9 Å². The van der Waals surface area contributed by atoms with Crippen LogP contribution in [0.3, 0.4) is 0 Å². The molecular weight excluding hydrogens is 382 g/mol. The molecule has 3 N–H and O–H groups in total. The first-order chi connectivity index (χ1) is 12.0. The Kier molecular flexibility index (Phi) is 7.01. The fourth-order valence-corrected chi connectivity index (χ4v) is 2.39. The van der Waals surface area contributed by atoms with Gasteiger partial charge in [-0.2, -0.15) is 0 Å². The first kappa shape index (κ1) is 19.0. The highest BCUT2D eigenvalue weighted by Gasteiger charge is 2.13. The molecule has 0 aliphatic rings. The van der Waals surface area contributed by atoms with E-state index in [4.69, 9.17) is 0 Å². The van der Waals surface area contributed by atoms with E-state index in [1.54, 1.807) is 24.3 Å². The third-order valence-corrected chi connectivity index (χ3v) is 3.94. The van der Waals surface area contributed by atoms with Crippen LogP contribution in [0, 0.1) is 5.92 Å². The van der Waals surface area contributed by atoms with Crippen LogP contribution in [0.5, 0.6) is 0 Å². The second kappa shape index (κ2) is 9.22. The average Bonchev–Trinajstić information content (AvgIpc) is 2.59. The first-order valence-electron chi connectivity index (χ1n) is 8.12. The quantitative estimate of drug-likeness (QED) is 0.656. The van der Waals surface area contributed by atoms with Gasteiger partial charge in [-0.25, -0.2) is 0 Å². The maximum atomic E-state index is 12.3. The molecular formula is C19H22BrN3O2. The summed E-state index contributed by atoms with van der Waals surface area (Å²) in [5.41, 5.74) is 1.81. The van der Waals surface area contributed by atoms with Crippen molar-refractivity contribution in [3.8, 4) is 0 Å². The molecule has 6 heteroatoms. The second-order valence-electron chi connectivity index (χ2n) is 6.06. The van der Waals surface area contributed by atoms with Gasteiger partial charge in [0.2, 0.25) is 5.91 Å². The standard InChI is InChI=1S/C19H22BrN3O2/c1-13(2)11-22-19(25)16-5-3-4-6-17(16)23-18(24)12-21-15-9-7-14(20)8-10-15/h3-10,13,21H,11-12H2,1-2H3,(H,22,25)(H,23,24). The zero-order chi connectivity index (χ0) is 18.2. The first-order valence-corrected chi connectivity index (χ1v) is 8.91. The van der Waals surface area contributed by atoms with E-state index in [1.807, 2.05) is 38.1 Å². The van der Waals surface area contributed by atoms with E-state index < -0.39 is 0 Å². The Hall–Kier alpha value is -2.34. The smallest absolute Gasteiger partial charge is 0.253 e. The van der Waals surface area contributed by atoms with E-state index in [-0.39, 0.29) is 18.4 Å². The monoisotopic (exact) mass is 403 g/mol. The summed E-state index contributed by atoms with van der Waals surface area (Å²) in [6, 6.07) is 14.5. The van der Waals surface area contributed by atoms with Gasteiger partial charge in [0.05, 0.1) is 17.8 Å². The Morgan fingerprint density at radius 1 is 1.04 bits per heavy atom. The van der Waals surface area contributed by atoms with Gasteiger partial charge in [0.15, 0.2) is 0 Å². The van der Waals surface area contributed by atoms with Crippen LogP contribution in [0.2, 0.25) is 0 Å². The Balaban J connectivity index is 1.96. The minimum Gasteiger partial charge on any atom is -0.376 e. The van der Waals surface area contributed by atoms with E-state index in [2.05, 4.69) is 31.9 Å². The maximum Gasteiger partial charge on any atom is 0.253 e. The third kappa shape index (κ3) is 6.23. The van der Waals surface area contributed by atoms with Crippen LogP contribution in [-0.4, -0.2) is 24.9 Å². The zero-order valence-corrected chi connectivity index (χ0v) is 15.9. The van der Waals surface area contributed by atoms with E-state index in [9.17, 15) is 9.59 Å². The highest BCUT2D eigenvalue weighted by Crippen LogP contribution is 2.16. The molecule has 2 amide bonds. The van der Waals surface area contributed by atoms with Crippen LogP contribution in [-0.2, 0) is 4.79 Å². The van der Waals surface area contributed by atoms with Crippen molar-refractivity contribution in [3.05, 3.63) is 58.6 Å². The van der Waals surface area contributed by atoms with Crippen molar-refractivity contribution in [1.29, 1.82) is 0 Å². The van der Waals surface area contributed by atoms with Gasteiger partial charge in [-0.05, 0) is 42.3 Å². The normalized spacial score (nSPS) is 10.4. The molecule has 0 fully saturated rings. The van der Waals surface area contributed by atoms with Crippen molar-refractivity contribution in [2.75, 3.05) is 23.7 Å². The zero-order valence-electron chi connectivity index (χ0n) is 14.3. The molecule has 0 bridgehead atoms. The van der Waals surface area contributed by atoms with Crippen molar-refractivity contribution in [1.82, 2.24) is 5.32 Å². The number of benzene rings is 2. The number of para-hydroxylation sites is 1. The SMILES string of the molecule is CC(C)CNC(=O)c1ccccc1NC(=O)CNc1ccc(Br)cc1. The Morgan fingerprint density at radius 2 is 1.72 bits per heavy atom. The molecule has 2 aromatic rings. The molecule has 0 saturated carbocycles. The number of nitrogens with one attached hydrogen (secondary N) is 3. The minimum absolute atomic E-state index is 0.115. The molecule has 0 unspecified atom stereocenters. The van der Waals surface area contributed by atoms with E-state index in [0.29, 0.717) is 23.7 Å². The third-order valence-electron chi connectivity index (χ3n) is 3.41. The molecule has 0 saturated heterocycles. The summed E-state index contributed by atoms with van der Waals surface area (Å²) in [6.45, 7) is 4.76. The van der Waals surface area contributed by atoms with Crippen LogP contribution in [0.15, 0.2) is 53.0 Å². The Labute approximate surface area is 156 Å². The largest absolute Gasteiger partial charge is 0.376 e. The van der Waals surface area contributed by atoms with Gasteiger partial charge in [-0.15, -0.1) is 0 Å². The van der Waals surface area contributed by atoms with Crippen molar-refractivity contribution in [2.45, 2.75) is 13.8 Å². The predicted molar refractivity (Wildman–Crippen MR) is 105 cm³/mol. The molecule has 0 aliphatic carbocycles. The summed E-state index contributed by atoms with van der Waals surface area (Å²) in [6.07, 6.45) is 0. The summed E-state index contributed by atoms with van der Waals surface area (Å²) < 4.78 is 0.976. The van der Waals surface area contributed by atoms with Gasteiger partial charge < -0.3 is 16.0 Å². The summed E-state index contributed by atoms with van der Waals surface area (Å²) in [7, 11) is 0.